The molecule has 0 saturated carbocycles. The first kappa shape index (κ1) is 20.6. The van der Waals surface area contributed by atoms with Crippen LogP contribution in [0, 0.1) is 0 Å². The van der Waals surface area contributed by atoms with Crippen LogP contribution in [0.2, 0.25) is 0 Å². The van der Waals surface area contributed by atoms with Gasteiger partial charge in [0.15, 0.2) is 0 Å². The minimum atomic E-state index is -0.916. The molecule has 0 atom stereocenters. The highest BCUT2D eigenvalue weighted by Gasteiger charge is 2.36. The molecular formula is C16H20O8S. The number of ether oxygens (including phenoxy) is 4. The van der Waals surface area contributed by atoms with Gasteiger partial charge in [0.1, 0.15) is 20.9 Å². The number of carbonyl (C=O) groups excluding carboxylic acids is 4. The quantitative estimate of drug-likeness (QED) is 0.506. The van der Waals surface area contributed by atoms with Gasteiger partial charge in [-0.3, -0.25) is 0 Å². The monoisotopic (exact) mass is 372 g/mol. The Kier molecular flexibility index (Phi) is 8.06. The Hall–Kier alpha value is -2.42. The van der Waals surface area contributed by atoms with Crippen molar-refractivity contribution in [1.82, 2.24) is 0 Å². The second-order valence-corrected chi connectivity index (χ2v) is 5.41. The molecule has 9 heteroatoms. The van der Waals surface area contributed by atoms with E-state index < -0.39 is 23.9 Å². The summed E-state index contributed by atoms with van der Waals surface area (Å²) < 4.78 is 19.6. The Bertz CT molecular complexity index is 607. The van der Waals surface area contributed by atoms with Crippen LogP contribution < -0.4 is 0 Å². The lowest BCUT2D eigenvalue weighted by Crippen LogP contribution is -2.18. The van der Waals surface area contributed by atoms with E-state index in [0.717, 1.165) is 0 Å². The number of carbonyl (C=O) groups is 4. The van der Waals surface area contributed by atoms with E-state index >= 15 is 0 Å². The molecule has 8 nitrogen and oxygen atoms in total. The summed E-state index contributed by atoms with van der Waals surface area (Å²) in [7, 11) is 0. The largest absolute Gasteiger partial charge is 0.462 e. The summed E-state index contributed by atoms with van der Waals surface area (Å²) in [5.41, 5.74) is -0.682. The molecule has 1 heterocycles. The third-order valence-electron chi connectivity index (χ3n) is 2.79. The van der Waals surface area contributed by atoms with Crippen LogP contribution in [0.15, 0.2) is 0 Å². The van der Waals surface area contributed by atoms with Gasteiger partial charge in [-0.2, -0.15) is 0 Å². The van der Waals surface area contributed by atoms with Gasteiger partial charge in [-0.1, -0.05) is 0 Å². The van der Waals surface area contributed by atoms with Gasteiger partial charge in [-0.15, -0.1) is 11.3 Å². The topological polar surface area (TPSA) is 105 Å². The fraction of sp³-hybridized carbons (Fsp3) is 0.500. The zero-order valence-electron chi connectivity index (χ0n) is 14.5. The van der Waals surface area contributed by atoms with Crippen molar-refractivity contribution >= 4 is 35.2 Å². The highest BCUT2D eigenvalue weighted by molar-refractivity contribution is 7.16. The normalized spacial score (nSPS) is 10.1. The average Bonchev–Trinajstić information content (AvgIpc) is 2.96. The first-order valence-electron chi connectivity index (χ1n) is 7.77. The van der Waals surface area contributed by atoms with E-state index in [4.69, 9.17) is 18.9 Å². The molecule has 0 aliphatic heterocycles. The van der Waals surface area contributed by atoms with Crippen LogP contribution in [0.3, 0.4) is 0 Å². The van der Waals surface area contributed by atoms with E-state index in [9.17, 15) is 19.2 Å². The Morgan fingerprint density at radius 2 is 0.880 bits per heavy atom. The molecule has 0 radical (unpaired) electrons. The lowest BCUT2D eigenvalue weighted by Gasteiger charge is -2.07. The Balaban J connectivity index is 3.63. The summed E-state index contributed by atoms with van der Waals surface area (Å²) >= 11 is 0.640. The van der Waals surface area contributed by atoms with Gasteiger partial charge in [-0.25, -0.2) is 19.2 Å². The lowest BCUT2D eigenvalue weighted by molar-refractivity contribution is 0.0453. The number of esters is 4. The molecule has 1 rings (SSSR count). The van der Waals surface area contributed by atoms with Crippen LogP contribution >= 0.6 is 11.3 Å². The third kappa shape index (κ3) is 4.79. The molecule has 25 heavy (non-hydrogen) atoms. The number of hydrogen-bond donors (Lipinski definition) is 0. The molecule has 0 aromatic carbocycles. The SMILES string of the molecule is CCOC(=O)c1sc(C(=O)OCC)c(C(=O)OCC)c1C(=O)OCC. The van der Waals surface area contributed by atoms with Crippen LogP contribution in [0.1, 0.15) is 67.8 Å². The molecule has 1 aromatic heterocycles. The predicted molar refractivity (Wildman–Crippen MR) is 88.1 cm³/mol. The Labute approximate surface area is 149 Å². The van der Waals surface area contributed by atoms with Crippen molar-refractivity contribution in [2.24, 2.45) is 0 Å². The Morgan fingerprint density at radius 3 is 1.16 bits per heavy atom. The minimum absolute atomic E-state index is 0.0218. The maximum Gasteiger partial charge on any atom is 0.349 e. The summed E-state index contributed by atoms with van der Waals surface area (Å²) in [5, 5.41) is 0. The molecule has 0 saturated heterocycles. The van der Waals surface area contributed by atoms with Crippen molar-refractivity contribution in [2.75, 3.05) is 26.4 Å². The highest BCUT2D eigenvalue weighted by Crippen LogP contribution is 2.32. The standard InChI is InChI=1S/C16H20O8S/c1-5-21-13(17)9-10(14(18)22-6-2)12(16(20)24-8-4)25-11(9)15(19)23-7-3/h5-8H2,1-4H3. The average molecular weight is 372 g/mol. The second kappa shape index (κ2) is 9.77. The van der Waals surface area contributed by atoms with E-state index in [1.807, 2.05) is 0 Å². The van der Waals surface area contributed by atoms with Crippen molar-refractivity contribution in [3.8, 4) is 0 Å². The first-order chi connectivity index (χ1) is 11.9. The molecule has 0 N–H and O–H groups in total. The number of hydrogen-bond acceptors (Lipinski definition) is 9. The highest BCUT2D eigenvalue weighted by atomic mass is 32.1. The van der Waals surface area contributed by atoms with Crippen LogP contribution in [0.4, 0.5) is 0 Å². The summed E-state index contributed by atoms with van der Waals surface area (Å²) in [4.78, 5) is 48.6. The zero-order valence-corrected chi connectivity index (χ0v) is 15.3. The van der Waals surface area contributed by atoms with Gasteiger partial charge in [0.2, 0.25) is 0 Å². The first-order valence-corrected chi connectivity index (χ1v) is 8.59. The van der Waals surface area contributed by atoms with Crippen molar-refractivity contribution in [2.45, 2.75) is 27.7 Å². The lowest BCUT2D eigenvalue weighted by atomic mass is 10.1. The van der Waals surface area contributed by atoms with E-state index in [1.165, 1.54) is 0 Å². The van der Waals surface area contributed by atoms with Gasteiger partial charge in [0.25, 0.3) is 0 Å². The maximum absolute atomic E-state index is 12.3. The van der Waals surface area contributed by atoms with Crippen molar-refractivity contribution in [1.29, 1.82) is 0 Å². The van der Waals surface area contributed by atoms with E-state index in [0.29, 0.717) is 11.3 Å². The van der Waals surface area contributed by atoms with Gasteiger partial charge in [0.05, 0.1) is 26.4 Å². The van der Waals surface area contributed by atoms with Gasteiger partial charge < -0.3 is 18.9 Å². The fourth-order valence-electron chi connectivity index (χ4n) is 1.91. The molecule has 0 fully saturated rings. The van der Waals surface area contributed by atoms with Crippen LogP contribution in [-0.4, -0.2) is 50.3 Å². The molecule has 0 aliphatic rings. The van der Waals surface area contributed by atoms with Gasteiger partial charge in [0, 0.05) is 0 Å². The smallest absolute Gasteiger partial charge is 0.349 e. The fourth-order valence-corrected chi connectivity index (χ4v) is 2.97. The summed E-state index contributed by atoms with van der Waals surface area (Å²) in [6, 6.07) is 0. The molecule has 0 bridgehead atoms. The van der Waals surface area contributed by atoms with E-state index in [2.05, 4.69) is 0 Å². The summed E-state index contributed by atoms with van der Waals surface area (Å²) in [5.74, 6) is -3.51. The molecule has 0 spiro atoms. The minimum Gasteiger partial charge on any atom is -0.462 e. The van der Waals surface area contributed by atoms with Crippen LogP contribution in [0.25, 0.3) is 0 Å². The molecule has 138 valence electrons. The summed E-state index contributed by atoms with van der Waals surface area (Å²) in [6.45, 7) is 6.49. The van der Waals surface area contributed by atoms with Gasteiger partial charge >= 0.3 is 23.9 Å². The second-order valence-electron chi connectivity index (χ2n) is 4.39. The predicted octanol–water partition coefficient (Wildman–Crippen LogP) is 2.45. The van der Waals surface area contributed by atoms with Crippen molar-refractivity contribution in [3.63, 3.8) is 0 Å². The summed E-state index contributed by atoms with van der Waals surface area (Å²) in [6.07, 6.45) is 0. The Morgan fingerprint density at radius 1 is 0.600 bits per heavy atom. The maximum atomic E-state index is 12.3. The molecule has 1 aromatic rings. The van der Waals surface area contributed by atoms with Crippen LogP contribution in [0.5, 0.6) is 0 Å². The van der Waals surface area contributed by atoms with Crippen molar-refractivity contribution in [3.05, 3.63) is 20.9 Å². The molecular weight excluding hydrogens is 352 g/mol. The zero-order chi connectivity index (χ0) is 19.0. The number of thiophene rings is 1. The van der Waals surface area contributed by atoms with Gasteiger partial charge in [-0.05, 0) is 27.7 Å². The third-order valence-corrected chi connectivity index (χ3v) is 3.94. The molecule has 0 unspecified atom stereocenters. The van der Waals surface area contributed by atoms with E-state index in [-0.39, 0.29) is 47.3 Å². The van der Waals surface area contributed by atoms with Crippen LogP contribution in [-0.2, 0) is 18.9 Å². The molecule has 0 aliphatic carbocycles. The number of rotatable bonds is 8. The molecule has 0 amide bonds. The van der Waals surface area contributed by atoms with Crippen molar-refractivity contribution < 1.29 is 38.1 Å². The van der Waals surface area contributed by atoms with E-state index in [1.54, 1.807) is 27.7 Å².